The number of aromatic nitrogens is 2. The average Bonchev–Trinajstić information content (AvgIpc) is 2.33. The van der Waals surface area contributed by atoms with Gasteiger partial charge in [0.05, 0.1) is 0 Å². The molecule has 5 heteroatoms. The Morgan fingerprint density at radius 2 is 2.00 bits per heavy atom. The van der Waals surface area contributed by atoms with Crippen molar-refractivity contribution >= 4 is 11.8 Å². The molecule has 18 heavy (non-hydrogen) atoms. The van der Waals surface area contributed by atoms with Crippen molar-refractivity contribution in [2.45, 2.75) is 46.1 Å². The molecule has 0 radical (unpaired) electrons. The van der Waals surface area contributed by atoms with Gasteiger partial charge in [-0.15, -0.1) is 0 Å². The van der Waals surface area contributed by atoms with E-state index in [1.165, 1.54) is 19.3 Å². The second-order valence-corrected chi connectivity index (χ2v) is 5.47. The molecule has 4 N–H and O–H groups in total. The van der Waals surface area contributed by atoms with Gasteiger partial charge in [-0.25, -0.2) is 10.8 Å². The van der Waals surface area contributed by atoms with Crippen molar-refractivity contribution in [1.82, 2.24) is 9.97 Å². The zero-order valence-corrected chi connectivity index (χ0v) is 11.4. The molecule has 0 spiro atoms. The lowest BCUT2D eigenvalue weighted by Gasteiger charge is -2.32. The summed E-state index contributed by atoms with van der Waals surface area (Å²) in [4.78, 5) is 8.52. The van der Waals surface area contributed by atoms with E-state index >= 15 is 0 Å². The highest BCUT2D eigenvalue weighted by Crippen LogP contribution is 2.30. The zero-order chi connectivity index (χ0) is 13.1. The fourth-order valence-corrected chi connectivity index (χ4v) is 2.59. The number of hydrazine groups is 1. The summed E-state index contributed by atoms with van der Waals surface area (Å²) in [5.74, 6) is 8.29. The van der Waals surface area contributed by atoms with Crippen LogP contribution in [0.4, 0.5) is 11.8 Å². The highest BCUT2D eigenvalue weighted by molar-refractivity contribution is 5.42. The van der Waals surface area contributed by atoms with Gasteiger partial charge in [-0.3, -0.25) is 5.43 Å². The maximum absolute atomic E-state index is 5.36. The van der Waals surface area contributed by atoms with Crippen LogP contribution in [0.15, 0.2) is 6.07 Å². The van der Waals surface area contributed by atoms with Crippen LogP contribution in [0.3, 0.4) is 0 Å². The van der Waals surface area contributed by atoms with Gasteiger partial charge in [0.25, 0.3) is 0 Å². The predicted molar refractivity (Wildman–Crippen MR) is 74.2 cm³/mol. The third-order valence-corrected chi connectivity index (χ3v) is 3.93. The van der Waals surface area contributed by atoms with Crippen molar-refractivity contribution in [2.24, 2.45) is 17.7 Å². The van der Waals surface area contributed by atoms with Crippen LogP contribution < -0.4 is 16.6 Å². The Morgan fingerprint density at radius 1 is 1.22 bits per heavy atom. The Bertz CT molecular complexity index is 406. The Balaban J connectivity index is 2.03. The first-order chi connectivity index (χ1) is 8.58. The minimum Gasteiger partial charge on any atom is -0.367 e. The molecule has 0 aliphatic heterocycles. The number of aryl methyl sites for hydroxylation is 1. The number of rotatable bonds is 3. The molecule has 1 aliphatic carbocycles. The Morgan fingerprint density at radius 3 is 2.67 bits per heavy atom. The topological polar surface area (TPSA) is 75.9 Å². The summed E-state index contributed by atoms with van der Waals surface area (Å²) in [6, 6.07) is 2.47. The summed E-state index contributed by atoms with van der Waals surface area (Å²) in [5, 5.41) is 3.50. The molecule has 2 rings (SSSR count). The van der Waals surface area contributed by atoms with E-state index in [-0.39, 0.29) is 0 Å². The highest BCUT2D eigenvalue weighted by atomic mass is 15.3. The molecule has 1 aromatic rings. The van der Waals surface area contributed by atoms with Crippen molar-refractivity contribution < 1.29 is 0 Å². The lowest BCUT2D eigenvalue weighted by Crippen LogP contribution is -2.30. The minimum absolute atomic E-state index is 0.467. The molecule has 0 saturated heterocycles. The van der Waals surface area contributed by atoms with Crippen molar-refractivity contribution in [3.8, 4) is 0 Å². The van der Waals surface area contributed by atoms with Crippen LogP contribution >= 0.6 is 0 Å². The van der Waals surface area contributed by atoms with Gasteiger partial charge in [0, 0.05) is 17.8 Å². The zero-order valence-electron chi connectivity index (χ0n) is 11.4. The molecule has 0 amide bonds. The maximum Gasteiger partial charge on any atom is 0.239 e. The minimum atomic E-state index is 0.467. The molecule has 1 saturated carbocycles. The SMILES string of the molecule is Cc1cc(NC2CCC(C)C(C)C2)nc(NN)n1. The molecule has 1 fully saturated rings. The van der Waals surface area contributed by atoms with Crippen LogP contribution in [0.2, 0.25) is 0 Å². The number of nitrogens with one attached hydrogen (secondary N) is 2. The number of anilines is 2. The summed E-state index contributed by atoms with van der Waals surface area (Å²) in [7, 11) is 0. The standard InChI is InChI=1S/C13H23N5/c1-8-4-5-11(6-9(8)2)16-12-7-10(3)15-13(17-12)18-14/h7-9,11H,4-6,14H2,1-3H3,(H2,15,16,17,18). The number of hydrogen-bond donors (Lipinski definition) is 3. The summed E-state index contributed by atoms with van der Waals surface area (Å²) >= 11 is 0. The van der Waals surface area contributed by atoms with Gasteiger partial charge in [-0.1, -0.05) is 13.8 Å². The second-order valence-electron chi connectivity index (χ2n) is 5.47. The van der Waals surface area contributed by atoms with E-state index in [9.17, 15) is 0 Å². The Kier molecular flexibility index (Phi) is 4.01. The van der Waals surface area contributed by atoms with Crippen LogP contribution in [-0.4, -0.2) is 16.0 Å². The molecule has 1 aliphatic rings. The van der Waals surface area contributed by atoms with Gasteiger partial charge in [0.2, 0.25) is 5.95 Å². The van der Waals surface area contributed by atoms with Gasteiger partial charge in [-0.2, -0.15) is 4.98 Å². The van der Waals surface area contributed by atoms with Crippen LogP contribution in [0, 0.1) is 18.8 Å². The largest absolute Gasteiger partial charge is 0.367 e. The fraction of sp³-hybridized carbons (Fsp3) is 0.692. The normalized spacial score (nSPS) is 27.9. The summed E-state index contributed by atoms with van der Waals surface area (Å²) in [6.45, 7) is 6.61. The van der Waals surface area contributed by atoms with E-state index < -0.39 is 0 Å². The van der Waals surface area contributed by atoms with Gasteiger partial charge >= 0.3 is 0 Å². The molecule has 3 atom stereocenters. The molecule has 0 aromatic carbocycles. The molecular weight excluding hydrogens is 226 g/mol. The number of hydrogen-bond acceptors (Lipinski definition) is 5. The molecule has 1 aromatic heterocycles. The van der Waals surface area contributed by atoms with E-state index in [1.807, 2.05) is 13.0 Å². The van der Waals surface area contributed by atoms with Crippen LogP contribution in [0.5, 0.6) is 0 Å². The predicted octanol–water partition coefficient (Wildman–Crippen LogP) is 2.31. The summed E-state index contributed by atoms with van der Waals surface area (Å²) in [5.41, 5.74) is 3.41. The first-order valence-electron chi connectivity index (χ1n) is 6.67. The monoisotopic (exact) mass is 249 g/mol. The first-order valence-corrected chi connectivity index (χ1v) is 6.67. The Hall–Kier alpha value is -1.36. The fourth-order valence-electron chi connectivity index (χ4n) is 2.59. The number of nitrogens with zero attached hydrogens (tertiary/aromatic N) is 2. The highest BCUT2D eigenvalue weighted by Gasteiger charge is 2.24. The van der Waals surface area contributed by atoms with Gasteiger partial charge in [0.15, 0.2) is 0 Å². The average molecular weight is 249 g/mol. The van der Waals surface area contributed by atoms with E-state index in [2.05, 4.69) is 34.6 Å². The molecular formula is C13H23N5. The Labute approximate surface area is 109 Å². The third kappa shape index (κ3) is 3.10. The van der Waals surface area contributed by atoms with E-state index in [0.29, 0.717) is 12.0 Å². The van der Waals surface area contributed by atoms with Crippen molar-refractivity contribution in [3.63, 3.8) is 0 Å². The van der Waals surface area contributed by atoms with Crippen LogP contribution in [-0.2, 0) is 0 Å². The molecule has 100 valence electrons. The molecule has 5 nitrogen and oxygen atoms in total. The summed E-state index contributed by atoms with van der Waals surface area (Å²) in [6.07, 6.45) is 3.69. The smallest absolute Gasteiger partial charge is 0.239 e. The lowest BCUT2D eigenvalue weighted by molar-refractivity contribution is 0.260. The molecule has 0 bridgehead atoms. The quantitative estimate of drug-likeness (QED) is 0.566. The van der Waals surface area contributed by atoms with Crippen molar-refractivity contribution in [3.05, 3.63) is 11.8 Å². The van der Waals surface area contributed by atoms with Gasteiger partial charge in [-0.05, 0) is 38.0 Å². The molecule has 3 unspecified atom stereocenters. The molecule has 1 heterocycles. The third-order valence-electron chi connectivity index (χ3n) is 3.93. The number of nitrogen functional groups attached to an aromatic ring is 1. The van der Waals surface area contributed by atoms with Crippen LogP contribution in [0.25, 0.3) is 0 Å². The van der Waals surface area contributed by atoms with E-state index in [4.69, 9.17) is 5.84 Å². The summed E-state index contributed by atoms with van der Waals surface area (Å²) < 4.78 is 0. The lowest BCUT2D eigenvalue weighted by atomic mass is 9.79. The van der Waals surface area contributed by atoms with E-state index in [1.54, 1.807) is 0 Å². The van der Waals surface area contributed by atoms with Crippen molar-refractivity contribution in [2.75, 3.05) is 10.7 Å². The van der Waals surface area contributed by atoms with E-state index in [0.717, 1.165) is 23.3 Å². The van der Waals surface area contributed by atoms with Gasteiger partial charge < -0.3 is 5.32 Å². The maximum atomic E-state index is 5.36. The second kappa shape index (κ2) is 5.52. The number of nitrogens with two attached hydrogens (primary N) is 1. The van der Waals surface area contributed by atoms with Crippen molar-refractivity contribution in [1.29, 1.82) is 0 Å². The van der Waals surface area contributed by atoms with Crippen LogP contribution in [0.1, 0.15) is 38.8 Å². The first kappa shape index (κ1) is 13.1. The van der Waals surface area contributed by atoms with Gasteiger partial charge in [0.1, 0.15) is 5.82 Å².